The second-order valence-corrected chi connectivity index (χ2v) is 6.26. The van der Waals surface area contributed by atoms with E-state index in [1.807, 2.05) is 0 Å². The predicted molar refractivity (Wildman–Crippen MR) is 70.6 cm³/mol. The highest BCUT2D eigenvalue weighted by Crippen LogP contribution is 2.15. The summed E-state index contributed by atoms with van der Waals surface area (Å²) in [7, 11) is -3.45. The molecule has 0 unspecified atom stereocenters. The molecule has 0 aromatic heterocycles. The van der Waals surface area contributed by atoms with Gasteiger partial charge in [0.05, 0.1) is 5.69 Å². The van der Waals surface area contributed by atoms with Gasteiger partial charge in [-0.25, -0.2) is 12.8 Å². The number of carbonyl (C=O) groups excluding carboxylic acids is 1. The molecule has 0 saturated heterocycles. The van der Waals surface area contributed by atoms with Gasteiger partial charge in [-0.2, -0.15) is 0 Å². The Kier molecular flexibility index (Phi) is 4.36. The van der Waals surface area contributed by atoms with E-state index in [9.17, 15) is 17.6 Å². The van der Waals surface area contributed by atoms with Crippen LogP contribution >= 0.6 is 12.2 Å². The first kappa shape index (κ1) is 14.5. The normalized spacial score (nSPS) is 11.0. The van der Waals surface area contributed by atoms with Crippen molar-refractivity contribution >= 4 is 38.6 Å². The third-order valence-electron chi connectivity index (χ3n) is 1.92. The molecule has 18 heavy (non-hydrogen) atoms. The SMILES string of the molecule is CS(=O)(=O)CC(=O)Nc1ccc(C(N)=S)cc1F. The van der Waals surface area contributed by atoms with Gasteiger partial charge in [0.15, 0.2) is 9.84 Å². The Morgan fingerprint density at radius 2 is 2.11 bits per heavy atom. The molecule has 0 saturated carbocycles. The molecule has 1 aromatic rings. The van der Waals surface area contributed by atoms with Crippen molar-refractivity contribution in [2.24, 2.45) is 5.73 Å². The molecule has 1 rings (SSSR count). The third kappa shape index (κ3) is 4.38. The lowest BCUT2D eigenvalue weighted by Gasteiger charge is -2.07. The van der Waals surface area contributed by atoms with E-state index in [0.29, 0.717) is 5.56 Å². The standard InChI is InChI=1S/C10H11FN2O3S2/c1-18(15,16)5-9(14)13-8-3-2-6(10(12)17)4-7(8)11/h2-4H,5H2,1H3,(H2,12,17)(H,13,14). The number of nitrogens with two attached hydrogens (primary N) is 1. The molecule has 0 spiro atoms. The summed E-state index contributed by atoms with van der Waals surface area (Å²) in [5, 5.41) is 2.16. The molecule has 0 fully saturated rings. The van der Waals surface area contributed by atoms with Crippen LogP contribution in [0.15, 0.2) is 18.2 Å². The maximum absolute atomic E-state index is 13.5. The highest BCUT2D eigenvalue weighted by Gasteiger charge is 2.13. The summed E-state index contributed by atoms with van der Waals surface area (Å²) < 4.78 is 35.3. The highest BCUT2D eigenvalue weighted by atomic mass is 32.2. The lowest BCUT2D eigenvalue weighted by molar-refractivity contribution is -0.113. The van der Waals surface area contributed by atoms with Gasteiger partial charge in [-0.3, -0.25) is 4.79 Å². The lowest BCUT2D eigenvalue weighted by atomic mass is 10.2. The molecule has 0 heterocycles. The fourth-order valence-electron chi connectivity index (χ4n) is 1.19. The van der Waals surface area contributed by atoms with Crippen molar-refractivity contribution < 1.29 is 17.6 Å². The molecule has 98 valence electrons. The first-order valence-corrected chi connectivity index (χ1v) is 7.23. The number of hydrogen-bond acceptors (Lipinski definition) is 4. The van der Waals surface area contributed by atoms with Gasteiger partial charge in [0.25, 0.3) is 0 Å². The Hall–Kier alpha value is -1.54. The summed E-state index contributed by atoms with van der Waals surface area (Å²) in [5.74, 6) is -2.25. The Morgan fingerprint density at radius 1 is 1.50 bits per heavy atom. The number of carbonyl (C=O) groups is 1. The van der Waals surface area contributed by atoms with Gasteiger partial charge in [0, 0.05) is 11.8 Å². The maximum atomic E-state index is 13.5. The second-order valence-electron chi connectivity index (χ2n) is 3.68. The summed E-state index contributed by atoms with van der Waals surface area (Å²) in [6.07, 6.45) is 0.916. The number of sulfone groups is 1. The van der Waals surface area contributed by atoms with Crippen molar-refractivity contribution in [3.8, 4) is 0 Å². The van der Waals surface area contributed by atoms with Crippen LogP contribution in [0.5, 0.6) is 0 Å². The molecule has 0 radical (unpaired) electrons. The number of anilines is 1. The highest BCUT2D eigenvalue weighted by molar-refractivity contribution is 7.91. The summed E-state index contributed by atoms with van der Waals surface area (Å²) in [5.41, 5.74) is 5.52. The summed E-state index contributed by atoms with van der Waals surface area (Å²) in [4.78, 5) is 11.3. The molecule has 0 aliphatic rings. The number of amides is 1. The summed E-state index contributed by atoms with van der Waals surface area (Å²) >= 11 is 4.67. The lowest BCUT2D eigenvalue weighted by Crippen LogP contribution is -2.22. The molecule has 0 aliphatic carbocycles. The molecule has 5 nitrogen and oxygen atoms in total. The van der Waals surface area contributed by atoms with E-state index >= 15 is 0 Å². The van der Waals surface area contributed by atoms with Gasteiger partial charge < -0.3 is 11.1 Å². The molecular formula is C10H11FN2O3S2. The third-order valence-corrected chi connectivity index (χ3v) is 2.94. The first-order valence-electron chi connectivity index (χ1n) is 4.76. The van der Waals surface area contributed by atoms with Crippen LogP contribution in [0.25, 0.3) is 0 Å². The van der Waals surface area contributed by atoms with Crippen molar-refractivity contribution in [1.29, 1.82) is 0 Å². The van der Waals surface area contributed by atoms with Gasteiger partial charge in [-0.05, 0) is 18.2 Å². The van der Waals surface area contributed by atoms with Crippen LogP contribution in [0.2, 0.25) is 0 Å². The average molecular weight is 290 g/mol. The van der Waals surface area contributed by atoms with Crippen LogP contribution in [-0.4, -0.2) is 31.3 Å². The van der Waals surface area contributed by atoms with Crippen LogP contribution in [-0.2, 0) is 14.6 Å². The Balaban J connectivity index is 2.86. The Morgan fingerprint density at radius 3 is 2.56 bits per heavy atom. The molecular weight excluding hydrogens is 279 g/mol. The molecule has 0 bridgehead atoms. The summed E-state index contributed by atoms with van der Waals surface area (Å²) in [6, 6.07) is 3.77. The van der Waals surface area contributed by atoms with E-state index < -0.39 is 27.3 Å². The van der Waals surface area contributed by atoms with Crippen LogP contribution < -0.4 is 11.1 Å². The van der Waals surface area contributed by atoms with Crippen LogP contribution in [0.3, 0.4) is 0 Å². The number of rotatable bonds is 4. The second kappa shape index (κ2) is 5.40. The zero-order valence-electron chi connectivity index (χ0n) is 9.44. The predicted octanol–water partition coefficient (Wildman–Crippen LogP) is 0.443. The maximum Gasteiger partial charge on any atom is 0.239 e. The Bertz CT molecular complexity index is 599. The molecule has 8 heteroatoms. The fourth-order valence-corrected chi connectivity index (χ4v) is 1.87. The van der Waals surface area contributed by atoms with Gasteiger partial charge in [-0.1, -0.05) is 12.2 Å². The molecule has 1 amide bonds. The smallest absolute Gasteiger partial charge is 0.239 e. The van der Waals surface area contributed by atoms with Gasteiger partial charge >= 0.3 is 0 Å². The number of nitrogens with one attached hydrogen (secondary N) is 1. The molecule has 0 atom stereocenters. The number of benzene rings is 1. The average Bonchev–Trinajstić information content (AvgIpc) is 2.17. The minimum Gasteiger partial charge on any atom is -0.389 e. The topological polar surface area (TPSA) is 89.3 Å². The van der Waals surface area contributed by atoms with E-state index in [1.165, 1.54) is 12.1 Å². The number of thiocarbonyl (C=S) groups is 1. The fraction of sp³-hybridized carbons (Fsp3) is 0.200. The van der Waals surface area contributed by atoms with Crippen molar-refractivity contribution in [3.63, 3.8) is 0 Å². The monoisotopic (exact) mass is 290 g/mol. The van der Waals surface area contributed by atoms with Crippen molar-refractivity contribution in [1.82, 2.24) is 0 Å². The Labute approximate surface area is 109 Å². The van der Waals surface area contributed by atoms with E-state index in [2.05, 4.69) is 17.5 Å². The van der Waals surface area contributed by atoms with Crippen molar-refractivity contribution in [2.45, 2.75) is 0 Å². The van der Waals surface area contributed by atoms with Crippen LogP contribution in [0.1, 0.15) is 5.56 Å². The van der Waals surface area contributed by atoms with E-state index in [-0.39, 0.29) is 10.7 Å². The molecule has 1 aromatic carbocycles. The quantitative estimate of drug-likeness (QED) is 0.786. The molecule has 3 N–H and O–H groups in total. The number of halogens is 1. The minimum atomic E-state index is -3.45. The van der Waals surface area contributed by atoms with Gasteiger partial charge in [0.1, 0.15) is 16.6 Å². The van der Waals surface area contributed by atoms with Gasteiger partial charge in [-0.15, -0.1) is 0 Å². The van der Waals surface area contributed by atoms with Gasteiger partial charge in [0.2, 0.25) is 5.91 Å². The molecule has 0 aliphatic heterocycles. The first-order chi connectivity index (χ1) is 8.19. The van der Waals surface area contributed by atoms with E-state index in [1.54, 1.807) is 0 Å². The largest absolute Gasteiger partial charge is 0.389 e. The van der Waals surface area contributed by atoms with Crippen molar-refractivity contribution in [3.05, 3.63) is 29.6 Å². The summed E-state index contributed by atoms with van der Waals surface area (Å²) in [6.45, 7) is 0. The number of hydrogen-bond donors (Lipinski definition) is 2. The zero-order chi connectivity index (χ0) is 13.9. The van der Waals surface area contributed by atoms with E-state index in [4.69, 9.17) is 5.73 Å². The zero-order valence-corrected chi connectivity index (χ0v) is 11.1. The van der Waals surface area contributed by atoms with Crippen molar-refractivity contribution in [2.75, 3.05) is 17.3 Å². The van der Waals surface area contributed by atoms with Crippen LogP contribution in [0.4, 0.5) is 10.1 Å². The van der Waals surface area contributed by atoms with E-state index in [0.717, 1.165) is 12.3 Å². The minimum absolute atomic E-state index is 0.0305. The van der Waals surface area contributed by atoms with Crippen LogP contribution in [0, 0.1) is 5.82 Å².